The van der Waals surface area contributed by atoms with Crippen LogP contribution < -0.4 is 24.8 Å². The molecule has 1 aromatic heterocycles. The predicted molar refractivity (Wildman–Crippen MR) is 177 cm³/mol. The van der Waals surface area contributed by atoms with E-state index in [0.29, 0.717) is 28.6 Å². The summed E-state index contributed by atoms with van der Waals surface area (Å²) in [7, 11) is -2.21. The summed E-state index contributed by atoms with van der Waals surface area (Å²) >= 11 is 0. The maximum absolute atomic E-state index is 13.4. The van der Waals surface area contributed by atoms with Crippen LogP contribution >= 0.6 is 0 Å². The van der Waals surface area contributed by atoms with Crippen molar-refractivity contribution >= 4 is 43.9 Å². The first-order valence-electron chi connectivity index (χ1n) is 14.7. The van der Waals surface area contributed by atoms with Crippen molar-refractivity contribution in [1.82, 2.24) is 9.88 Å². The van der Waals surface area contributed by atoms with Crippen molar-refractivity contribution in [2.45, 2.75) is 45.3 Å². The standard InChI is InChI=1S/C33H39N5O6S/c1-33(2,3)21-18-26(30(43-4)27(19-21)37-45(5,41)42)36-32(40)35-25-12-13-29(24-11-7-6-10-23(24)25)44-22-14-15-34-28(20-22)31(39)38-16-8-9-17-38/h6-7,10-15,18-20,31,37,39H,8-9,16-17H2,1-5H3,(H2,35,36,40). The first-order valence-corrected chi connectivity index (χ1v) is 16.6. The Bertz CT molecular complexity index is 1820. The van der Waals surface area contributed by atoms with Crippen molar-refractivity contribution in [3.8, 4) is 17.2 Å². The number of nitrogens with zero attached hydrogens (tertiary/aromatic N) is 2. The van der Waals surface area contributed by atoms with Gasteiger partial charge in [0.2, 0.25) is 10.0 Å². The minimum absolute atomic E-state index is 0.184. The van der Waals surface area contributed by atoms with Crippen molar-refractivity contribution in [3.63, 3.8) is 0 Å². The Morgan fingerprint density at radius 3 is 2.29 bits per heavy atom. The normalized spacial score (nSPS) is 14.6. The van der Waals surface area contributed by atoms with Gasteiger partial charge in [-0.05, 0) is 54.2 Å². The zero-order valence-electron chi connectivity index (χ0n) is 26.0. The molecule has 1 unspecified atom stereocenters. The first kappa shape index (κ1) is 32.0. The van der Waals surface area contributed by atoms with Crippen LogP contribution in [0.25, 0.3) is 10.8 Å². The smallest absolute Gasteiger partial charge is 0.323 e. The van der Waals surface area contributed by atoms with Crippen LogP contribution in [0, 0.1) is 0 Å². The predicted octanol–water partition coefficient (Wildman–Crippen LogP) is 6.44. The molecule has 4 aromatic rings. The third kappa shape index (κ3) is 7.64. The Morgan fingerprint density at radius 2 is 1.62 bits per heavy atom. The molecule has 1 aliphatic heterocycles. The molecule has 1 aliphatic rings. The van der Waals surface area contributed by atoms with E-state index in [1.807, 2.05) is 49.9 Å². The highest BCUT2D eigenvalue weighted by Crippen LogP contribution is 2.40. The second-order valence-electron chi connectivity index (χ2n) is 12.1. The molecule has 0 spiro atoms. The maximum Gasteiger partial charge on any atom is 0.323 e. The van der Waals surface area contributed by atoms with Gasteiger partial charge in [0.05, 0.1) is 36.1 Å². The Labute approximate surface area is 263 Å². The molecule has 0 aliphatic carbocycles. The Morgan fingerprint density at radius 1 is 0.956 bits per heavy atom. The van der Waals surface area contributed by atoms with Gasteiger partial charge in [-0.15, -0.1) is 0 Å². The minimum atomic E-state index is -3.62. The van der Waals surface area contributed by atoms with E-state index < -0.39 is 22.3 Å². The number of carbonyl (C=O) groups is 1. The SMILES string of the molecule is COc1c(NC(=O)Nc2ccc(Oc3ccnc(C(O)N4CCCC4)c3)c3ccccc23)cc(C(C)(C)C)cc1NS(C)(=O)=O. The van der Waals surface area contributed by atoms with Crippen molar-refractivity contribution in [2.75, 3.05) is 41.8 Å². The van der Waals surface area contributed by atoms with E-state index >= 15 is 0 Å². The fourth-order valence-corrected chi connectivity index (χ4v) is 5.88. The number of anilines is 3. The van der Waals surface area contributed by atoms with E-state index in [0.717, 1.165) is 48.5 Å². The van der Waals surface area contributed by atoms with Crippen LogP contribution in [-0.4, -0.2) is 55.9 Å². The summed E-state index contributed by atoms with van der Waals surface area (Å²) in [5, 5.41) is 18.0. The second kappa shape index (κ2) is 12.9. The summed E-state index contributed by atoms with van der Waals surface area (Å²) in [5.41, 5.74) is 2.04. The van der Waals surface area contributed by atoms with E-state index in [4.69, 9.17) is 9.47 Å². The van der Waals surface area contributed by atoms with Crippen molar-refractivity contribution in [2.24, 2.45) is 0 Å². The number of hydrogen-bond donors (Lipinski definition) is 4. The van der Waals surface area contributed by atoms with Gasteiger partial charge in [-0.25, -0.2) is 13.2 Å². The molecule has 11 nitrogen and oxygen atoms in total. The highest BCUT2D eigenvalue weighted by atomic mass is 32.2. The van der Waals surface area contributed by atoms with E-state index in [-0.39, 0.29) is 16.9 Å². The summed E-state index contributed by atoms with van der Waals surface area (Å²) in [6, 6.07) is 17.4. The van der Waals surface area contributed by atoms with Gasteiger partial charge in [-0.2, -0.15) is 0 Å². The second-order valence-corrected chi connectivity index (χ2v) is 13.8. The lowest BCUT2D eigenvalue weighted by Crippen LogP contribution is -2.25. The number of nitrogens with one attached hydrogen (secondary N) is 3. The zero-order valence-corrected chi connectivity index (χ0v) is 26.9. The molecule has 1 saturated heterocycles. The summed E-state index contributed by atoms with van der Waals surface area (Å²) in [6.07, 6.45) is 3.98. The number of benzene rings is 3. The number of carbonyl (C=O) groups excluding carboxylic acids is 1. The topological polar surface area (TPSA) is 142 Å². The number of urea groups is 1. The molecule has 2 amide bonds. The number of aromatic nitrogens is 1. The summed E-state index contributed by atoms with van der Waals surface area (Å²) in [4.78, 5) is 19.7. The van der Waals surface area contributed by atoms with Crippen LogP contribution in [-0.2, 0) is 15.4 Å². The van der Waals surface area contributed by atoms with E-state index in [1.54, 1.807) is 42.6 Å². The van der Waals surface area contributed by atoms with Gasteiger partial charge < -0.3 is 25.2 Å². The van der Waals surface area contributed by atoms with Crippen molar-refractivity contribution in [3.05, 3.63) is 78.1 Å². The molecule has 1 fully saturated rings. The highest BCUT2D eigenvalue weighted by Gasteiger charge is 2.24. The quantitative estimate of drug-likeness (QED) is 0.165. The molecule has 1 atom stereocenters. The number of methoxy groups -OCH3 is 1. The van der Waals surface area contributed by atoms with Gasteiger partial charge in [0.1, 0.15) is 11.5 Å². The number of ether oxygens (including phenoxy) is 2. The number of aliphatic hydroxyl groups excluding tert-OH is 1. The molecule has 238 valence electrons. The van der Waals surface area contributed by atoms with Gasteiger partial charge in [0.15, 0.2) is 12.0 Å². The fourth-order valence-electron chi connectivity index (χ4n) is 5.33. The summed E-state index contributed by atoms with van der Waals surface area (Å²) in [6.45, 7) is 7.62. The first-order chi connectivity index (χ1) is 21.3. The number of pyridine rings is 1. The van der Waals surface area contributed by atoms with Crippen molar-refractivity contribution < 1.29 is 27.8 Å². The molecule has 2 heterocycles. The van der Waals surface area contributed by atoms with Gasteiger partial charge in [0.25, 0.3) is 0 Å². The number of rotatable bonds is 9. The molecule has 0 radical (unpaired) electrons. The monoisotopic (exact) mass is 633 g/mol. The Hall–Kier alpha value is -4.39. The molecule has 12 heteroatoms. The number of aliphatic hydroxyl groups is 1. The van der Waals surface area contributed by atoms with Crippen LogP contribution in [0.5, 0.6) is 17.2 Å². The minimum Gasteiger partial charge on any atom is -0.492 e. The van der Waals surface area contributed by atoms with E-state index in [1.165, 1.54) is 7.11 Å². The molecule has 45 heavy (non-hydrogen) atoms. The molecule has 0 saturated carbocycles. The lowest BCUT2D eigenvalue weighted by molar-refractivity contribution is 0.0154. The number of likely N-dealkylation sites (tertiary alicyclic amines) is 1. The molecule has 3 aromatic carbocycles. The number of sulfonamides is 1. The van der Waals surface area contributed by atoms with Gasteiger partial charge in [-0.1, -0.05) is 45.0 Å². The van der Waals surface area contributed by atoms with Gasteiger partial charge >= 0.3 is 6.03 Å². The van der Waals surface area contributed by atoms with Crippen molar-refractivity contribution in [1.29, 1.82) is 0 Å². The third-order valence-corrected chi connectivity index (χ3v) is 8.16. The molecule has 0 bridgehead atoms. The maximum atomic E-state index is 13.4. The average molecular weight is 634 g/mol. The lowest BCUT2D eigenvalue weighted by Gasteiger charge is -2.24. The largest absolute Gasteiger partial charge is 0.492 e. The Kier molecular flexibility index (Phi) is 9.19. The highest BCUT2D eigenvalue weighted by molar-refractivity contribution is 7.92. The average Bonchev–Trinajstić information content (AvgIpc) is 3.52. The number of amides is 2. The summed E-state index contributed by atoms with van der Waals surface area (Å²) < 4.78 is 38.4. The third-order valence-electron chi connectivity index (χ3n) is 7.57. The van der Waals surface area contributed by atoms with Crippen LogP contribution in [0.3, 0.4) is 0 Å². The van der Waals surface area contributed by atoms with E-state index in [9.17, 15) is 18.3 Å². The van der Waals surface area contributed by atoms with Gasteiger partial charge in [0, 0.05) is 36.1 Å². The molecular weight excluding hydrogens is 594 g/mol. The van der Waals surface area contributed by atoms with E-state index in [2.05, 4.69) is 20.3 Å². The number of hydrogen-bond acceptors (Lipinski definition) is 8. The van der Waals surface area contributed by atoms with Crippen LogP contribution in [0.1, 0.15) is 51.1 Å². The Balaban J connectivity index is 1.40. The number of fused-ring (bicyclic) bond motifs is 1. The molecule has 4 N–H and O–H groups in total. The molecular formula is C33H39N5O6S. The zero-order chi connectivity index (χ0) is 32.4. The summed E-state index contributed by atoms with van der Waals surface area (Å²) in [5.74, 6) is 1.29. The van der Waals surface area contributed by atoms with Crippen LogP contribution in [0.4, 0.5) is 21.9 Å². The van der Waals surface area contributed by atoms with Crippen LogP contribution in [0.2, 0.25) is 0 Å². The van der Waals surface area contributed by atoms with Crippen LogP contribution in [0.15, 0.2) is 66.9 Å². The van der Waals surface area contributed by atoms with Gasteiger partial charge in [-0.3, -0.25) is 14.6 Å². The lowest BCUT2D eigenvalue weighted by atomic mass is 9.86. The fraction of sp³-hybridized carbons (Fsp3) is 0.333. The molecule has 5 rings (SSSR count).